The Morgan fingerprint density at radius 2 is 1.98 bits per heavy atom. The molecule has 1 amide bonds. The largest absolute Gasteiger partial charge is 0.493 e. The normalized spacial score (nSPS) is 16.5. The number of hydrogen-bond acceptors (Lipinski definition) is 12. The molecule has 3 aromatic rings. The maximum Gasteiger partial charge on any atom is 0.234 e. The molecule has 0 saturated carbocycles. The molecule has 1 aliphatic carbocycles. The lowest BCUT2D eigenvalue weighted by atomic mass is 9.75. The van der Waals surface area contributed by atoms with E-state index < -0.39 is 5.92 Å². The molecule has 1 unspecified atom stereocenters. The van der Waals surface area contributed by atoms with Crippen LogP contribution in [0.1, 0.15) is 30.7 Å². The Balaban J connectivity index is 1.49. The standard InChI is InChI=1S/C29H27ClN6O5S2/c1-39-21-11-10-17(25(40-2)26(21)41-3)23-18(13-31)27(32)36(19-8-5-9-20(37)24(19)23)28-34-35-29(43-28)42-14-22(38)33-16-7-4-6-15(30)12-16/h4,6-7,10-12,23H,5,8-9,14,32H2,1-3H3,(H,33,38). The Bertz CT molecular complexity index is 1700. The van der Waals surface area contributed by atoms with Crippen LogP contribution in [0.25, 0.3) is 0 Å². The van der Waals surface area contributed by atoms with Gasteiger partial charge in [0.1, 0.15) is 5.82 Å². The molecule has 0 saturated heterocycles. The number of nitriles is 1. The van der Waals surface area contributed by atoms with Gasteiger partial charge in [0.05, 0.1) is 44.6 Å². The number of nitrogens with one attached hydrogen (secondary N) is 1. The Hall–Kier alpha value is -4.25. The molecular formula is C29H27ClN6O5S2. The molecule has 5 rings (SSSR count). The van der Waals surface area contributed by atoms with Crippen LogP contribution in [0.5, 0.6) is 17.2 Å². The predicted molar refractivity (Wildman–Crippen MR) is 165 cm³/mol. The van der Waals surface area contributed by atoms with Crippen LogP contribution in [-0.2, 0) is 9.59 Å². The monoisotopic (exact) mass is 638 g/mol. The minimum Gasteiger partial charge on any atom is -0.493 e. The number of amides is 1. The van der Waals surface area contributed by atoms with Gasteiger partial charge in [-0.05, 0) is 37.1 Å². The average Bonchev–Trinajstić information content (AvgIpc) is 3.47. The fraction of sp³-hybridized carbons (Fsp3) is 0.276. The maximum absolute atomic E-state index is 13.5. The summed E-state index contributed by atoms with van der Waals surface area (Å²) in [5, 5.41) is 22.7. The molecule has 0 fully saturated rings. The Morgan fingerprint density at radius 3 is 2.67 bits per heavy atom. The van der Waals surface area contributed by atoms with Crippen LogP contribution < -0.4 is 30.2 Å². The molecule has 2 aliphatic rings. The highest BCUT2D eigenvalue weighted by Crippen LogP contribution is 2.52. The van der Waals surface area contributed by atoms with E-state index in [1.807, 2.05) is 0 Å². The second-order valence-corrected chi connectivity index (χ2v) is 12.1. The van der Waals surface area contributed by atoms with E-state index in [0.717, 1.165) is 0 Å². The summed E-state index contributed by atoms with van der Waals surface area (Å²) in [5.74, 6) is 0.255. The van der Waals surface area contributed by atoms with Crippen molar-refractivity contribution < 1.29 is 23.8 Å². The highest BCUT2D eigenvalue weighted by atomic mass is 35.5. The number of rotatable bonds is 9. The van der Waals surface area contributed by atoms with E-state index in [-0.39, 0.29) is 28.8 Å². The van der Waals surface area contributed by atoms with Gasteiger partial charge in [-0.2, -0.15) is 5.26 Å². The summed E-state index contributed by atoms with van der Waals surface area (Å²) in [5.41, 5.74) is 9.12. The first-order valence-corrected chi connectivity index (χ1v) is 15.3. The Kier molecular flexibility index (Phi) is 9.10. The van der Waals surface area contributed by atoms with E-state index in [9.17, 15) is 14.9 Å². The van der Waals surface area contributed by atoms with Crippen molar-refractivity contribution in [2.24, 2.45) is 5.73 Å². The quantitative estimate of drug-likeness (QED) is 0.295. The molecule has 11 nitrogen and oxygen atoms in total. The van der Waals surface area contributed by atoms with E-state index in [0.29, 0.717) is 73.5 Å². The lowest BCUT2D eigenvalue weighted by molar-refractivity contribution is -0.116. The van der Waals surface area contributed by atoms with Crippen molar-refractivity contribution in [3.63, 3.8) is 0 Å². The number of ketones is 1. The molecule has 0 bridgehead atoms. The first-order valence-electron chi connectivity index (χ1n) is 13.1. The highest BCUT2D eigenvalue weighted by Gasteiger charge is 2.43. The van der Waals surface area contributed by atoms with Crippen molar-refractivity contribution in [1.29, 1.82) is 5.26 Å². The molecule has 43 heavy (non-hydrogen) atoms. The maximum atomic E-state index is 13.5. The molecule has 2 aromatic carbocycles. The number of anilines is 2. The summed E-state index contributed by atoms with van der Waals surface area (Å²) in [4.78, 5) is 27.7. The van der Waals surface area contributed by atoms with E-state index in [1.54, 1.807) is 41.3 Å². The van der Waals surface area contributed by atoms with Crippen LogP contribution in [0, 0.1) is 11.3 Å². The first-order chi connectivity index (χ1) is 20.8. The van der Waals surface area contributed by atoms with Gasteiger partial charge in [-0.3, -0.25) is 14.5 Å². The molecule has 0 radical (unpaired) electrons. The fourth-order valence-electron chi connectivity index (χ4n) is 5.21. The summed E-state index contributed by atoms with van der Waals surface area (Å²) in [6, 6.07) is 12.6. The second-order valence-electron chi connectivity index (χ2n) is 9.44. The van der Waals surface area contributed by atoms with Crippen molar-refractivity contribution in [2.75, 3.05) is 37.3 Å². The minimum absolute atomic E-state index is 0.0868. The zero-order valence-corrected chi connectivity index (χ0v) is 25.9. The van der Waals surface area contributed by atoms with Crippen LogP contribution in [-0.4, -0.2) is 49.0 Å². The zero-order chi connectivity index (χ0) is 30.7. The molecule has 222 valence electrons. The topological polar surface area (TPSA) is 153 Å². The molecule has 14 heteroatoms. The minimum atomic E-state index is -0.782. The summed E-state index contributed by atoms with van der Waals surface area (Å²) >= 11 is 8.42. The molecule has 1 aliphatic heterocycles. The van der Waals surface area contributed by atoms with Crippen LogP contribution in [0.2, 0.25) is 5.02 Å². The molecule has 0 spiro atoms. The van der Waals surface area contributed by atoms with Gasteiger partial charge in [0.25, 0.3) is 0 Å². The van der Waals surface area contributed by atoms with Crippen LogP contribution in [0.3, 0.4) is 0 Å². The number of thioether (sulfide) groups is 1. The first kappa shape index (κ1) is 30.2. The summed E-state index contributed by atoms with van der Waals surface area (Å²) in [6.07, 6.45) is 1.48. The van der Waals surface area contributed by atoms with Crippen molar-refractivity contribution >= 4 is 57.2 Å². The van der Waals surface area contributed by atoms with Gasteiger partial charge in [0.2, 0.25) is 16.8 Å². The van der Waals surface area contributed by atoms with Crippen molar-refractivity contribution in [2.45, 2.75) is 29.5 Å². The summed E-state index contributed by atoms with van der Waals surface area (Å²) < 4.78 is 17.3. The Morgan fingerprint density at radius 1 is 1.19 bits per heavy atom. The summed E-state index contributed by atoms with van der Waals surface area (Å²) in [6.45, 7) is 0. The molecule has 1 atom stereocenters. The second kappa shape index (κ2) is 12.9. The smallest absolute Gasteiger partial charge is 0.234 e. The predicted octanol–water partition coefficient (Wildman–Crippen LogP) is 5.25. The van der Waals surface area contributed by atoms with E-state index in [2.05, 4.69) is 21.6 Å². The van der Waals surface area contributed by atoms with E-state index >= 15 is 0 Å². The number of benzene rings is 2. The third-order valence-corrected chi connectivity index (χ3v) is 9.26. The van der Waals surface area contributed by atoms with Gasteiger partial charge >= 0.3 is 0 Å². The highest BCUT2D eigenvalue weighted by molar-refractivity contribution is 8.01. The van der Waals surface area contributed by atoms with Gasteiger partial charge in [-0.15, -0.1) is 10.2 Å². The summed E-state index contributed by atoms with van der Waals surface area (Å²) in [7, 11) is 4.49. The number of ether oxygens (including phenoxy) is 3. The number of carbonyl (C=O) groups excluding carboxylic acids is 2. The van der Waals surface area contributed by atoms with Gasteiger partial charge in [-0.1, -0.05) is 46.8 Å². The number of nitrogens with two attached hydrogens (primary N) is 1. The lowest BCUT2D eigenvalue weighted by Crippen LogP contribution is -2.38. The van der Waals surface area contributed by atoms with Crippen LogP contribution in [0.4, 0.5) is 10.8 Å². The van der Waals surface area contributed by atoms with Gasteiger partial charge in [0.15, 0.2) is 21.6 Å². The number of nitrogens with zero attached hydrogens (tertiary/aromatic N) is 4. The lowest BCUT2D eigenvalue weighted by Gasteiger charge is -2.38. The van der Waals surface area contributed by atoms with Gasteiger partial charge in [-0.25, -0.2) is 0 Å². The number of Topliss-reactive ketones (excluding diaryl/α,β-unsaturated/α-hetero) is 1. The zero-order valence-electron chi connectivity index (χ0n) is 23.5. The number of halogens is 1. The SMILES string of the molecule is COc1ccc(C2C(C#N)=C(N)N(c3nnc(SCC(=O)Nc4cccc(Cl)c4)s3)C3=C2C(=O)CCC3)c(OC)c1OC. The van der Waals surface area contributed by atoms with Crippen LogP contribution in [0.15, 0.2) is 63.4 Å². The third-order valence-electron chi connectivity index (χ3n) is 6.98. The van der Waals surface area contributed by atoms with Crippen molar-refractivity contribution in [3.05, 3.63) is 69.6 Å². The van der Waals surface area contributed by atoms with Crippen molar-refractivity contribution in [3.8, 4) is 23.3 Å². The number of methoxy groups -OCH3 is 3. The number of hydrogen-bond donors (Lipinski definition) is 2. The van der Waals surface area contributed by atoms with E-state index in [1.165, 1.54) is 44.4 Å². The number of aromatic nitrogens is 2. The van der Waals surface area contributed by atoms with Crippen molar-refractivity contribution in [1.82, 2.24) is 10.2 Å². The van der Waals surface area contributed by atoms with Gasteiger partial charge < -0.3 is 25.3 Å². The molecular weight excluding hydrogens is 612 g/mol. The van der Waals surface area contributed by atoms with E-state index in [4.69, 9.17) is 31.5 Å². The number of allylic oxidation sites excluding steroid dienone is 3. The molecule has 3 N–H and O–H groups in total. The molecule has 2 heterocycles. The Labute approximate surface area is 261 Å². The molecule has 1 aromatic heterocycles. The fourth-order valence-corrected chi connectivity index (χ4v) is 7.08. The average molecular weight is 639 g/mol. The third kappa shape index (κ3) is 5.86. The number of carbonyl (C=O) groups is 2. The van der Waals surface area contributed by atoms with Gasteiger partial charge in [0, 0.05) is 34.0 Å². The van der Waals surface area contributed by atoms with Crippen LogP contribution >= 0.6 is 34.7 Å².